The molecule has 1 fully saturated rings. The molecule has 1 saturated carbocycles. The fraction of sp³-hybridized carbons (Fsp3) is 0.316. The van der Waals surface area contributed by atoms with Crippen molar-refractivity contribution in [1.29, 1.82) is 0 Å². The minimum atomic E-state index is -0.120. The molecule has 3 N–H and O–H groups in total. The molecule has 1 aliphatic rings. The van der Waals surface area contributed by atoms with Gasteiger partial charge < -0.3 is 16.0 Å². The van der Waals surface area contributed by atoms with Crippen molar-refractivity contribution in [2.24, 2.45) is 0 Å². The maximum atomic E-state index is 12.0. The van der Waals surface area contributed by atoms with Gasteiger partial charge in [0, 0.05) is 41.2 Å². The zero-order chi connectivity index (χ0) is 18.4. The van der Waals surface area contributed by atoms with Gasteiger partial charge in [-0.25, -0.2) is 0 Å². The summed E-state index contributed by atoms with van der Waals surface area (Å²) in [6.07, 6.45) is 2.97. The highest BCUT2D eigenvalue weighted by molar-refractivity contribution is 7.08. The molecule has 3 amide bonds. The Morgan fingerprint density at radius 3 is 2.42 bits per heavy atom. The maximum Gasteiger partial charge on any atom is 0.252 e. The number of benzene rings is 1. The third-order valence-electron chi connectivity index (χ3n) is 3.99. The smallest absolute Gasteiger partial charge is 0.252 e. The fourth-order valence-corrected chi connectivity index (χ4v) is 3.01. The predicted molar refractivity (Wildman–Crippen MR) is 101 cm³/mol. The number of anilines is 1. The average molecular weight is 371 g/mol. The molecule has 0 unspecified atom stereocenters. The quantitative estimate of drug-likeness (QED) is 0.624. The predicted octanol–water partition coefficient (Wildman–Crippen LogP) is 2.79. The second-order valence-corrected chi connectivity index (χ2v) is 7.02. The van der Waals surface area contributed by atoms with Crippen LogP contribution in [0.2, 0.25) is 0 Å². The maximum absolute atomic E-state index is 12.0. The van der Waals surface area contributed by atoms with Crippen molar-refractivity contribution >= 4 is 34.7 Å². The zero-order valence-corrected chi connectivity index (χ0v) is 15.1. The number of rotatable bonds is 8. The van der Waals surface area contributed by atoms with E-state index in [2.05, 4.69) is 16.0 Å². The molecule has 1 aliphatic carbocycles. The SMILES string of the molecule is O=C(CCCNC(=O)c1ccsc1)Nc1ccc(C(=O)NC2CC2)cc1. The standard InChI is InChI=1S/C19H21N3O3S/c23-17(2-1-10-20-18(24)14-9-11-26-12-14)21-15-5-3-13(4-6-15)19(25)22-16-7-8-16/h3-6,9,11-12,16H,1-2,7-8,10H2,(H,20,24)(H,21,23)(H,22,25). The fourth-order valence-electron chi connectivity index (χ4n) is 2.37. The van der Waals surface area contributed by atoms with E-state index in [0.29, 0.717) is 42.2 Å². The summed E-state index contributed by atoms with van der Waals surface area (Å²) in [6.45, 7) is 0.447. The molecule has 0 saturated heterocycles. The molecule has 0 aliphatic heterocycles. The van der Waals surface area contributed by atoms with Gasteiger partial charge in [-0.2, -0.15) is 11.3 Å². The van der Waals surface area contributed by atoms with E-state index >= 15 is 0 Å². The summed E-state index contributed by atoms with van der Waals surface area (Å²) in [7, 11) is 0. The molecule has 0 spiro atoms. The number of hydrogen-bond acceptors (Lipinski definition) is 4. The van der Waals surface area contributed by atoms with Crippen LogP contribution >= 0.6 is 11.3 Å². The van der Waals surface area contributed by atoms with Gasteiger partial charge in [-0.1, -0.05) is 0 Å². The molecule has 7 heteroatoms. The van der Waals surface area contributed by atoms with Gasteiger partial charge in [0.1, 0.15) is 0 Å². The van der Waals surface area contributed by atoms with Crippen LogP contribution in [0.1, 0.15) is 46.4 Å². The summed E-state index contributed by atoms with van der Waals surface area (Å²) in [5, 5.41) is 12.1. The Kier molecular flexibility index (Phi) is 6.01. The second-order valence-electron chi connectivity index (χ2n) is 6.24. The molecule has 0 radical (unpaired) electrons. The Morgan fingerprint density at radius 1 is 1.00 bits per heavy atom. The number of amides is 3. The van der Waals surface area contributed by atoms with Crippen molar-refractivity contribution in [3.05, 3.63) is 52.2 Å². The number of thiophene rings is 1. The van der Waals surface area contributed by atoms with Crippen LogP contribution in [0.4, 0.5) is 5.69 Å². The molecule has 1 heterocycles. The van der Waals surface area contributed by atoms with Crippen molar-refractivity contribution in [1.82, 2.24) is 10.6 Å². The Labute approximate surface area is 156 Å². The summed E-state index contributed by atoms with van der Waals surface area (Å²) < 4.78 is 0. The van der Waals surface area contributed by atoms with E-state index in [1.165, 1.54) is 11.3 Å². The third-order valence-corrected chi connectivity index (χ3v) is 4.68. The number of hydrogen-bond donors (Lipinski definition) is 3. The van der Waals surface area contributed by atoms with Crippen molar-refractivity contribution in [3.63, 3.8) is 0 Å². The lowest BCUT2D eigenvalue weighted by molar-refractivity contribution is -0.116. The Bertz CT molecular complexity index is 768. The molecule has 1 aromatic carbocycles. The highest BCUT2D eigenvalue weighted by atomic mass is 32.1. The van der Waals surface area contributed by atoms with E-state index in [4.69, 9.17) is 0 Å². The Balaban J connectivity index is 1.36. The van der Waals surface area contributed by atoms with Crippen LogP contribution in [0.3, 0.4) is 0 Å². The van der Waals surface area contributed by atoms with Crippen LogP contribution in [0.5, 0.6) is 0 Å². The summed E-state index contributed by atoms with van der Waals surface area (Å²) >= 11 is 1.47. The normalized spacial score (nSPS) is 13.1. The van der Waals surface area contributed by atoms with Gasteiger partial charge in [0.15, 0.2) is 0 Å². The van der Waals surface area contributed by atoms with Crippen LogP contribution in [0, 0.1) is 0 Å². The number of carbonyl (C=O) groups excluding carboxylic acids is 3. The molecule has 1 aromatic heterocycles. The summed E-state index contributed by atoms with van der Waals surface area (Å²) in [5.74, 6) is -0.316. The van der Waals surface area contributed by atoms with E-state index < -0.39 is 0 Å². The lowest BCUT2D eigenvalue weighted by Gasteiger charge is -2.07. The van der Waals surface area contributed by atoms with Gasteiger partial charge in [-0.05, 0) is 55.0 Å². The molecule has 136 valence electrons. The van der Waals surface area contributed by atoms with Crippen LogP contribution in [0.15, 0.2) is 41.1 Å². The zero-order valence-electron chi connectivity index (χ0n) is 14.3. The van der Waals surface area contributed by atoms with Crippen molar-refractivity contribution in [2.45, 2.75) is 31.7 Å². The van der Waals surface area contributed by atoms with Crippen molar-refractivity contribution < 1.29 is 14.4 Å². The summed E-state index contributed by atoms with van der Waals surface area (Å²) in [6, 6.07) is 8.93. The molecule has 0 atom stereocenters. The molecular weight excluding hydrogens is 350 g/mol. The number of nitrogens with one attached hydrogen (secondary N) is 3. The highest BCUT2D eigenvalue weighted by Crippen LogP contribution is 2.19. The molecule has 2 aromatic rings. The van der Waals surface area contributed by atoms with Crippen LogP contribution in [0.25, 0.3) is 0 Å². The number of carbonyl (C=O) groups is 3. The first-order chi connectivity index (χ1) is 12.6. The highest BCUT2D eigenvalue weighted by Gasteiger charge is 2.23. The van der Waals surface area contributed by atoms with Gasteiger partial charge in [0.25, 0.3) is 11.8 Å². The van der Waals surface area contributed by atoms with Crippen molar-refractivity contribution in [3.8, 4) is 0 Å². The minimum Gasteiger partial charge on any atom is -0.352 e. The van der Waals surface area contributed by atoms with Crippen molar-refractivity contribution in [2.75, 3.05) is 11.9 Å². The van der Waals surface area contributed by atoms with Crippen LogP contribution in [-0.4, -0.2) is 30.3 Å². The molecule has 3 rings (SSSR count). The van der Waals surface area contributed by atoms with Gasteiger partial charge in [0.2, 0.25) is 5.91 Å². The first-order valence-electron chi connectivity index (χ1n) is 8.63. The summed E-state index contributed by atoms with van der Waals surface area (Å²) in [5.41, 5.74) is 1.89. The summed E-state index contributed by atoms with van der Waals surface area (Å²) in [4.78, 5) is 35.6. The molecule has 26 heavy (non-hydrogen) atoms. The van der Waals surface area contributed by atoms with Crippen LogP contribution < -0.4 is 16.0 Å². The third kappa shape index (κ3) is 5.42. The van der Waals surface area contributed by atoms with Gasteiger partial charge in [0.05, 0.1) is 0 Å². The van der Waals surface area contributed by atoms with Gasteiger partial charge in [-0.15, -0.1) is 0 Å². The lowest BCUT2D eigenvalue weighted by Crippen LogP contribution is -2.25. The monoisotopic (exact) mass is 371 g/mol. The molecular formula is C19H21N3O3S. The first-order valence-corrected chi connectivity index (χ1v) is 9.57. The van der Waals surface area contributed by atoms with E-state index in [-0.39, 0.29) is 17.7 Å². The van der Waals surface area contributed by atoms with E-state index in [0.717, 1.165) is 12.8 Å². The molecule has 6 nitrogen and oxygen atoms in total. The molecule has 0 bridgehead atoms. The largest absolute Gasteiger partial charge is 0.352 e. The first kappa shape index (κ1) is 18.1. The van der Waals surface area contributed by atoms with E-state index in [9.17, 15) is 14.4 Å². The minimum absolute atomic E-state index is 0.0771. The average Bonchev–Trinajstić information content (AvgIpc) is 3.27. The van der Waals surface area contributed by atoms with Gasteiger partial charge in [-0.3, -0.25) is 14.4 Å². The lowest BCUT2D eigenvalue weighted by atomic mass is 10.2. The second kappa shape index (κ2) is 8.62. The topological polar surface area (TPSA) is 87.3 Å². The Morgan fingerprint density at radius 2 is 1.77 bits per heavy atom. The van der Waals surface area contributed by atoms with Crippen LogP contribution in [-0.2, 0) is 4.79 Å². The van der Waals surface area contributed by atoms with E-state index in [1.54, 1.807) is 35.7 Å². The van der Waals surface area contributed by atoms with E-state index in [1.807, 2.05) is 5.38 Å². The van der Waals surface area contributed by atoms with Gasteiger partial charge >= 0.3 is 0 Å². The Hall–Kier alpha value is -2.67.